The Kier molecular flexibility index (Phi) is 42.0. The number of amides is 1. The summed E-state index contributed by atoms with van der Waals surface area (Å²) in [6.45, 7) is 3.40. The van der Waals surface area contributed by atoms with Crippen LogP contribution in [0.1, 0.15) is 258 Å². The topological polar surface area (TPSA) is 189 Å². The zero-order valence-corrected chi connectivity index (χ0v) is 42.0. The van der Waals surface area contributed by atoms with E-state index in [1.807, 2.05) is 0 Å². The fourth-order valence-electron chi connectivity index (χ4n) is 9.01. The molecule has 1 heterocycles. The fourth-order valence-corrected chi connectivity index (χ4v) is 9.01. The lowest BCUT2D eigenvalue weighted by Crippen LogP contribution is -2.60. The van der Waals surface area contributed by atoms with E-state index in [1.54, 1.807) is 0 Å². The van der Waals surface area contributed by atoms with E-state index >= 15 is 0 Å². The molecule has 1 amide bonds. The van der Waals surface area contributed by atoms with Crippen LogP contribution in [0.15, 0.2) is 12.2 Å². The standard InChI is InChI=1S/C54H105NO10/c1-3-5-7-9-11-13-14-15-16-17-18-19-20-21-22-23-24-25-26-27-28-29-30-31-32-34-35-37-39-41-46(57)49(59)45(44-64-54-52(62)51(61)50(60)48(43-56)65-54)55-53(63)47(58)42-40-38-36-33-12-10-8-6-4-2/h10,12,45-52,54,56-62H,3-9,11,13-44H2,1-2H3,(H,55,63)/b12-10-. The number of nitrogens with one attached hydrogen (secondary N) is 1. The highest BCUT2D eigenvalue weighted by molar-refractivity contribution is 5.80. The van der Waals surface area contributed by atoms with Crippen molar-refractivity contribution in [2.75, 3.05) is 13.2 Å². The number of aliphatic hydroxyl groups excluding tert-OH is 7. The van der Waals surface area contributed by atoms with Gasteiger partial charge in [0.2, 0.25) is 5.91 Å². The highest BCUT2D eigenvalue weighted by atomic mass is 16.7. The van der Waals surface area contributed by atoms with Crippen molar-refractivity contribution in [2.24, 2.45) is 0 Å². The number of allylic oxidation sites excluding steroid dienone is 2. The van der Waals surface area contributed by atoms with E-state index in [2.05, 4.69) is 31.3 Å². The van der Waals surface area contributed by atoms with Crippen molar-refractivity contribution in [3.63, 3.8) is 0 Å². The summed E-state index contributed by atoms with van der Waals surface area (Å²) in [5, 5.41) is 75.7. The van der Waals surface area contributed by atoms with Crippen molar-refractivity contribution >= 4 is 5.91 Å². The molecule has 9 atom stereocenters. The Labute approximate surface area is 398 Å². The smallest absolute Gasteiger partial charge is 0.249 e. The minimum Gasteiger partial charge on any atom is -0.394 e. The number of rotatable bonds is 47. The monoisotopic (exact) mass is 928 g/mol. The molecule has 1 fully saturated rings. The largest absolute Gasteiger partial charge is 0.394 e. The predicted octanol–water partition coefficient (Wildman–Crippen LogP) is 10.8. The Morgan fingerprint density at radius 3 is 1.34 bits per heavy atom. The van der Waals surface area contributed by atoms with Gasteiger partial charge in [-0.15, -0.1) is 0 Å². The second-order valence-corrected chi connectivity index (χ2v) is 19.7. The van der Waals surface area contributed by atoms with Crippen molar-refractivity contribution in [1.82, 2.24) is 5.32 Å². The van der Waals surface area contributed by atoms with Crippen molar-refractivity contribution in [3.8, 4) is 0 Å². The first-order valence-electron chi connectivity index (χ1n) is 27.6. The molecule has 9 unspecified atom stereocenters. The highest BCUT2D eigenvalue weighted by Crippen LogP contribution is 2.23. The molecule has 0 aromatic rings. The first-order valence-corrected chi connectivity index (χ1v) is 27.6. The molecule has 0 aliphatic carbocycles. The van der Waals surface area contributed by atoms with Crippen LogP contribution in [0.3, 0.4) is 0 Å². The van der Waals surface area contributed by atoms with Crippen LogP contribution >= 0.6 is 0 Å². The van der Waals surface area contributed by atoms with Crippen LogP contribution in [0.5, 0.6) is 0 Å². The van der Waals surface area contributed by atoms with Gasteiger partial charge in [-0.1, -0.05) is 238 Å². The van der Waals surface area contributed by atoms with E-state index < -0.39 is 74.2 Å². The summed E-state index contributed by atoms with van der Waals surface area (Å²) in [5.74, 6) is -0.709. The second-order valence-electron chi connectivity index (χ2n) is 19.7. The molecule has 0 aromatic carbocycles. The Morgan fingerprint density at radius 1 is 0.523 bits per heavy atom. The van der Waals surface area contributed by atoms with Crippen molar-refractivity contribution in [2.45, 2.75) is 313 Å². The molecular formula is C54H105NO10. The molecule has 1 aliphatic rings. The molecule has 1 saturated heterocycles. The maximum Gasteiger partial charge on any atom is 0.249 e. The van der Waals surface area contributed by atoms with Crippen molar-refractivity contribution < 1.29 is 50.0 Å². The summed E-state index contributed by atoms with van der Waals surface area (Å²) < 4.78 is 11.1. The average molecular weight is 928 g/mol. The van der Waals surface area contributed by atoms with Crippen LogP contribution in [0, 0.1) is 0 Å². The molecule has 0 saturated carbocycles. The second kappa shape index (κ2) is 44.1. The van der Waals surface area contributed by atoms with Gasteiger partial charge in [0.15, 0.2) is 6.29 Å². The van der Waals surface area contributed by atoms with E-state index in [4.69, 9.17) is 9.47 Å². The van der Waals surface area contributed by atoms with Gasteiger partial charge < -0.3 is 50.5 Å². The normalized spacial score (nSPS) is 20.9. The third-order valence-electron chi connectivity index (χ3n) is 13.6. The fraction of sp³-hybridized carbons (Fsp3) is 0.944. The van der Waals surface area contributed by atoms with Gasteiger partial charge in [-0.05, 0) is 32.1 Å². The molecule has 386 valence electrons. The zero-order chi connectivity index (χ0) is 47.6. The molecule has 8 N–H and O–H groups in total. The van der Waals surface area contributed by atoms with Gasteiger partial charge in [0.05, 0.1) is 25.4 Å². The molecule has 0 spiro atoms. The molecule has 1 rings (SSSR count). The summed E-state index contributed by atoms with van der Waals surface area (Å²) in [6, 6.07) is -1.17. The molecular weight excluding hydrogens is 823 g/mol. The zero-order valence-electron chi connectivity index (χ0n) is 42.0. The van der Waals surface area contributed by atoms with Gasteiger partial charge in [-0.25, -0.2) is 0 Å². The van der Waals surface area contributed by atoms with E-state index in [0.717, 1.165) is 44.9 Å². The lowest BCUT2D eigenvalue weighted by Gasteiger charge is -2.40. The van der Waals surface area contributed by atoms with Gasteiger partial charge in [-0.3, -0.25) is 4.79 Å². The molecule has 0 bridgehead atoms. The quantitative estimate of drug-likeness (QED) is 0.0215. The van der Waals surface area contributed by atoms with Crippen molar-refractivity contribution in [1.29, 1.82) is 0 Å². The highest BCUT2D eigenvalue weighted by Gasteiger charge is 2.44. The lowest BCUT2D eigenvalue weighted by molar-refractivity contribution is -0.303. The van der Waals surface area contributed by atoms with Gasteiger partial charge in [0, 0.05) is 0 Å². The van der Waals surface area contributed by atoms with Gasteiger partial charge in [0.1, 0.15) is 36.6 Å². The van der Waals surface area contributed by atoms with Gasteiger partial charge in [-0.2, -0.15) is 0 Å². The van der Waals surface area contributed by atoms with E-state index in [1.165, 1.54) is 173 Å². The molecule has 11 heteroatoms. The molecule has 0 aromatic heterocycles. The van der Waals surface area contributed by atoms with Crippen LogP contribution in [0.4, 0.5) is 0 Å². The maximum atomic E-state index is 13.0. The first kappa shape index (κ1) is 61.9. The minimum atomic E-state index is -1.66. The van der Waals surface area contributed by atoms with Crippen LogP contribution in [0.2, 0.25) is 0 Å². The van der Waals surface area contributed by atoms with E-state index in [9.17, 15) is 40.5 Å². The third kappa shape index (κ3) is 33.1. The predicted molar refractivity (Wildman–Crippen MR) is 266 cm³/mol. The van der Waals surface area contributed by atoms with Gasteiger partial charge in [0.25, 0.3) is 0 Å². The number of carbonyl (C=O) groups excluding carboxylic acids is 1. The minimum absolute atomic E-state index is 0.240. The number of unbranched alkanes of at least 4 members (excludes halogenated alkanes) is 33. The Hall–Kier alpha value is -1.15. The molecule has 11 nitrogen and oxygen atoms in total. The number of ether oxygens (including phenoxy) is 2. The SMILES string of the molecule is CCCC/C=C\CCCCCC(O)C(=O)NC(COC1OC(CO)C(O)C(O)C1O)C(O)C(O)CCCCCCCCCCCCCCCCCCCCCCCCCCCCCCC. The lowest BCUT2D eigenvalue weighted by atomic mass is 9.98. The summed E-state index contributed by atoms with van der Waals surface area (Å²) in [5.41, 5.74) is 0. The molecule has 0 radical (unpaired) electrons. The maximum absolute atomic E-state index is 13.0. The van der Waals surface area contributed by atoms with Gasteiger partial charge >= 0.3 is 0 Å². The number of aliphatic hydroxyl groups is 7. The molecule has 65 heavy (non-hydrogen) atoms. The number of carbonyl (C=O) groups is 1. The summed E-state index contributed by atoms with van der Waals surface area (Å²) >= 11 is 0. The Bertz CT molecular complexity index is 1060. The Morgan fingerprint density at radius 2 is 0.908 bits per heavy atom. The van der Waals surface area contributed by atoms with Crippen molar-refractivity contribution in [3.05, 3.63) is 12.2 Å². The summed E-state index contributed by atoms with van der Waals surface area (Å²) in [6.07, 6.45) is 38.8. The van der Waals surface area contributed by atoms with Crippen LogP contribution in [0.25, 0.3) is 0 Å². The average Bonchev–Trinajstić information content (AvgIpc) is 3.31. The first-order chi connectivity index (χ1) is 31.7. The van der Waals surface area contributed by atoms with Crippen LogP contribution in [-0.4, -0.2) is 110 Å². The summed E-state index contributed by atoms with van der Waals surface area (Å²) in [7, 11) is 0. The number of hydrogen-bond acceptors (Lipinski definition) is 10. The van der Waals surface area contributed by atoms with Crippen LogP contribution in [-0.2, 0) is 14.3 Å². The Balaban J connectivity index is 2.20. The molecule has 1 aliphatic heterocycles. The number of hydrogen-bond donors (Lipinski definition) is 8. The van der Waals surface area contributed by atoms with E-state index in [0.29, 0.717) is 19.3 Å². The summed E-state index contributed by atoms with van der Waals surface area (Å²) in [4.78, 5) is 13.0. The third-order valence-corrected chi connectivity index (χ3v) is 13.6. The van der Waals surface area contributed by atoms with E-state index in [-0.39, 0.29) is 6.42 Å². The van der Waals surface area contributed by atoms with Crippen LogP contribution < -0.4 is 5.32 Å².